The Morgan fingerprint density at radius 2 is 2.12 bits per heavy atom. The Morgan fingerprint density at radius 1 is 1.32 bits per heavy atom. The third-order valence-corrected chi connectivity index (χ3v) is 4.76. The van der Waals surface area contributed by atoms with Gasteiger partial charge in [-0.2, -0.15) is 0 Å². The molecule has 0 bridgehead atoms. The van der Waals surface area contributed by atoms with E-state index >= 15 is 0 Å². The van der Waals surface area contributed by atoms with E-state index in [9.17, 15) is 4.79 Å². The van der Waals surface area contributed by atoms with Crippen LogP contribution in [0, 0.1) is 18.8 Å². The first kappa shape index (κ1) is 15.5. The van der Waals surface area contributed by atoms with E-state index in [-0.39, 0.29) is 11.8 Å². The minimum absolute atomic E-state index is 0.0321. The molecule has 6 nitrogen and oxygen atoms in total. The quantitative estimate of drug-likeness (QED) is 0.768. The Hall–Kier alpha value is -3.02. The number of amides is 1. The molecule has 3 N–H and O–H groups in total. The number of aromatic nitrogens is 3. The van der Waals surface area contributed by atoms with E-state index in [1.54, 1.807) is 18.6 Å². The summed E-state index contributed by atoms with van der Waals surface area (Å²) in [6.07, 6.45) is 6.13. The lowest BCUT2D eigenvalue weighted by Gasteiger charge is -2.10. The fourth-order valence-electron chi connectivity index (χ4n) is 3.02. The maximum absolute atomic E-state index is 12.1. The van der Waals surface area contributed by atoms with Crippen molar-refractivity contribution in [3.63, 3.8) is 0 Å². The number of carbonyl (C=O) groups excluding carboxylic acids is 1. The second kappa shape index (κ2) is 5.81. The average molecular weight is 333 g/mol. The van der Waals surface area contributed by atoms with E-state index < -0.39 is 0 Å². The van der Waals surface area contributed by atoms with Crippen LogP contribution in [-0.2, 0) is 4.79 Å². The molecule has 0 radical (unpaired) electrons. The van der Waals surface area contributed by atoms with Crippen LogP contribution in [0.2, 0.25) is 0 Å². The van der Waals surface area contributed by atoms with Crippen molar-refractivity contribution in [1.29, 1.82) is 0 Å². The van der Waals surface area contributed by atoms with Gasteiger partial charge in [-0.25, -0.2) is 9.97 Å². The summed E-state index contributed by atoms with van der Waals surface area (Å²) in [6, 6.07) is 5.73. The van der Waals surface area contributed by atoms with Crippen molar-refractivity contribution in [2.24, 2.45) is 11.8 Å². The van der Waals surface area contributed by atoms with Gasteiger partial charge in [-0.3, -0.25) is 9.78 Å². The number of nitrogens with two attached hydrogens (primary N) is 1. The van der Waals surface area contributed by atoms with Crippen LogP contribution in [-0.4, -0.2) is 20.9 Å². The number of nitrogens with one attached hydrogen (secondary N) is 1. The van der Waals surface area contributed by atoms with Crippen molar-refractivity contribution < 1.29 is 4.79 Å². The molecule has 0 spiro atoms. The number of rotatable bonds is 3. The molecule has 4 rings (SSSR count). The molecule has 1 aliphatic carbocycles. The first-order valence-corrected chi connectivity index (χ1v) is 8.31. The molecule has 25 heavy (non-hydrogen) atoms. The van der Waals surface area contributed by atoms with Gasteiger partial charge in [0.05, 0.1) is 5.69 Å². The van der Waals surface area contributed by atoms with E-state index in [4.69, 9.17) is 5.73 Å². The Morgan fingerprint density at radius 3 is 2.84 bits per heavy atom. The summed E-state index contributed by atoms with van der Waals surface area (Å²) < 4.78 is 0. The second-order valence-electron chi connectivity index (χ2n) is 6.68. The van der Waals surface area contributed by atoms with Gasteiger partial charge in [0, 0.05) is 35.5 Å². The predicted octanol–water partition coefficient (Wildman–Crippen LogP) is 3.18. The van der Waals surface area contributed by atoms with Gasteiger partial charge >= 0.3 is 0 Å². The summed E-state index contributed by atoms with van der Waals surface area (Å²) in [6.45, 7) is 4.08. The highest BCUT2D eigenvalue weighted by Gasteiger charge is 2.39. The van der Waals surface area contributed by atoms with E-state index in [2.05, 4.69) is 27.2 Å². The highest BCUT2D eigenvalue weighted by atomic mass is 16.2. The smallest absolute Gasteiger partial charge is 0.228 e. The number of nitrogen functional groups attached to an aromatic ring is 1. The van der Waals surface area contributed by atoms with E-state index in [1.807, 2.05) is 25.1 Å². The van der Waals surface area contributed by atoms with Gasteiger partial charge in [-0.15, -0.1) is 0 Å². The Bertz CT molecular complexity index is 985. The van der Waals surface area contributed by atoms with Crippen molar-refractivity contribution >= 4 is 28.3 Å². The fraction of sp³-hybridized carbons (Fsp3) is 0.263. The van der Waals surface area contributed by atoms with Gasteiger partial charge in [0.15, 0.2) is 0 Å². The Labute approximate surface area is 145 Å². The van der Waals surface area contributed by atoms with E-state index in [1.165, 1.54) is 0 Å². The first-order valence-electron chi connectivity index (χ1n) is 8.31. The Kier molecular flexibility index (Phi) is 3.60. The molecule has 2 atom stereocenters. The lowest BCUT2D eigenvalue weighted by molar-refractivity contribution is -0.117. The van der Waals surface area contributed by atoms with Crippen LogP contribution >= 0.6 is 0 Å². The molecular formula is C19H19N5O. The second-order valence-corrected chi connectivity index (χ2v) is 6.68. The summed E-state index contributed by atoms with van der Waals surface area (Å²) in [4.78, 5) is 25.1. The standard InChI is InChI=1S/C19H19N5O/c1-10-3-4-21-8-14(10)16-6-12-7-17(22-9-15(12)18(20)23-16)24-19(25)13-5-11(13)2/h3-4,6-9,11,13H,5H2,1-2H3,(H2,20,23)(H,22,24,25)/t11-,13-/m0/s1. The van der Waals surface area contributed by atoms with E-state index in [0.717, 1.165) is 34.0 Å². The van der Waals surface area contributed by atoms with Gasteiger partial charge in [0.25, 0.3) is 0 Å². The number of hydrogen-bond donors (Lipinski definition) is 2. The molecule has 0 unspecified atom stereocenters. The maximum atomic E-state index is 12.1. The number of pyridine rings is 3. The van der Waals surface area contributed by atoms with Crippen LogP contribution in [0.5, 0.6) is 0 Å². The van der Waals surface area contributed by atoms with Crippen LogP contribution < -0.4 is 11.1 Å². The monoisotopic (exact) mass is 333 g/mol. The summed E-state index contributed by atoms with van der Waals surface area (Å²) >= 11 is 0. The van der Waals surface area contributed by atoms with Crippen molar-refractivity contribution in [2.75, 3.05) is 11.1 Å². The average Bonchev–Trinajstić information content (AvgIpc) is 3.32. The van der Waals surface area contributed by atoms with Gasteiger partial charge in [0.1, 0.15) is 11.6 Å². The van der Waals surface area contributed by atoms with Crippen LogP contribution in [0.1, 0.15) is 18.9 Å². The number of aryl methyl sites for hydroxylation is 1. The lowest BCUT2D eigenvalue weighted by Crippen LogP contribution is -2.15. The minimum atomic E-state index is 0.0321. The number of carbonyl (C=O) groups is 1. The molecule has 3 heterocycles. The molecule has 0 aromatic carbocycles. The molecule has 3 aromatic rings. The molecule has 126 valence electrons. The van der Waals surface area contributed by atoms with Gasteiger partial charge in [-0.05, 0) is 48.4 Å². The number of fused-ring (bicyclic) bond motifs is 1. The molecule has 1 fully saturated rings. The van der Waals surface area contributed by atoms with Gasteiger partial charge < -0.3 is 11.1 Å². The molecule has 6 heteroatoms. The summed E-state index contributed by atoms with van der Waals surface area (Å²) in [5.41, 5.74) is 8.88. The zero-order valence-corrected chi connectivity index (χ0v) is 14.2. The molecule has 1 amide bonds. The van der Waals surface area contributed by atoms with Crippen LogP contribution in [0.3, 0.4) is 0 Å². The Balaban J connectivity index is 1.73. The number of hydrogen-bond acceptors (Lipinski definition) is 5. The molecular weight excluding hydrogens is 314 g/mol. The van der Waals surface area contributed by atoms with E-state index in [0.29, 0.717) is 17.6 Å². The summed E-state index contributed by atoms with van der Waals surface area (Å²) in [5.74, 6) is 1.55. The maximum Gasteiger partial charge on any atom is 0.228 e. The van der Waals surface area contributed by atoms with Gasteiger partial charge in [-0.1, -0.05) is 6.92 Å². The minimum Gasteiger partial charge on any atom is -0.383 e. The predicted molar refractivity (Wildman–Crippen MR) is 97.8 cm³/mol. The molecule has 0 saturated heterocycles. The third-order valence-electron chi connectivity index (χ3n) is 4.76. The number of nitrogens with zero attached hydrogens (tertiary/aromatic N) is 3. The van der Waals surface area contributed by atoms with Crippen molar-refractivity contribution in [2.45, 2.75) is 20.3 Å². The first-order chi connectivity index (χ1) is 12.0. The molecule has 1 aliphatic rings. The highest BCUT2D eigenvalue weighted by molar-refractivity contribution is 5.98. The van der Waals surface area contributed by atoms with Gasteiger partial charge in [0.2, 0.25) is 5.91 Å². The fourth-order valence-corrected chi connectivity index (χ4v) is 3.02. The van der Waals surface area contributed by atoms with Crippen molar-refractivity contribution in [1.82, 2.24) is 15.0 Å². The topological polar surface area (TPSA) is 93.8 Å². The van der Waals surface area contributed by atoms with Crippen LogP contribution in [0.15, 0.2) is 36.8 Å². The van der Waals surface area contributed by atoms with Crippen molar-refractivity contribution in [3.05, 3.63) is 42.4 Å². The zero-order chi connectivity index (χ0) is 17.6. The molecule has 1 saturated carbocycles. The SMILES string of the molecule is Cc1ccncc1-c1cc2cc(NC(=O)[C@H]3C[C@@H]3C)ncc2c(N)n1. The number of anilines is 2. The molecule has 0 aliphatic heterocycles. The van der Waals surface area contributed by atoms with Crippen LogP contribution in [0.4, 0.5) is 11.6 Å². The third kappa shape index (κ3) is 2.91. The highest BCUT2D eigenvalue weighted by Crippen LogP contribution is 2.38. The van der Waals surface area contributed by atoms with Crippen molar-refractivity contribution in [3.8, 4) is 11.3 Å². The lowest BCUT2D eigenvalue weighted by atomic mass is 10.1. The molecule has 3 aromatic heterocycles. The normalized spacial score (nSPS) is 19.0. The summed E-state index contributed by atoms with van der Waals surface area (Å²) in [5, 5.41) is 4.55. The summed E-state index contributed by atoms with van der Waals surface area (Å²) in [7, 11) is 0. The largest absolute Gasteiger partial charge is 0.383 e. The van der Waals surface area contributed by atoms with Crippen LogP contribution in [0.25, 0.3) is 22.0 Å². The zero-order valence-electron chi connectivity index (χ0n) is 14.2.